The van der Waals surface area contributed by atoms with Gasteiger partial charge in [0.1, 0.15) is 17.3 Å². The van der Waals surface area contributed by atoms with Crippen molar-refractivity contribution in [3.05, 3.63) is 53.0 Å². The van der Waals surface area contributed by atoms with Crippen LogP contribution in [-0.2, 0) is 11.3 Å². The number of carbonyl (C=O) groups is 1. The van der Waals surface area contributed by atoms with E-state index in [-0.39, 0.29) is 5.91 Å². The largest absolute Gasteiger partial charge is 0.383 e. The third kappa shape index (κ3) is 5.34. The van der Waals surface area contributed by atoms with E-state index in [0.717, 1.165) is 5.56 Å². The summed E-state index contributed by atoms with van der Waals surface area (Å²) in [4.78, 5) is 20.6. The van der Waals surface area contributed by atoms with Gasteiger partial charge in [0.2, 0.25) is 0 Å². The SMILES string of the molecule is COCCNC(=O)c1cc(NCc2cccc(C)c2)nc(C)n1. The Kier molecular flexibility index (Phi) is 6.05. The van der Waals surface area contributed by atoms with E-state index in [9.17, 15) is 4.79 Å². The van der Waals surface area contributed by atoms with Gasteiger partial charge in [-0.05, 0) is 19.4 Å². The molecule has 2 rings (SSSR count). The summed E-state index contributed by atoms with van der Waals surface area (Å²) >= 11 is 0. The molecule has 6 nitrogen and oxygen atoms in total. The normalized spacial score (nSPS) is 10.4. The van der Waals surface area contributed by atoms with Crippen LogP contribution in [0.25, 0.3) is 0 Å². The summed E-state index contributed by atoms with van der Waals surface area (Å²) in [6.07, 6.45) is 0. The number of nitrogens with one attached hydrogen (secondary N) is 2. The lowest BCUT2D eigenvalue weighted by molar-refractivity contribution is 0.0932. The van der Waals surface area contributed by atoms with Gasteiger partial charge in [0.15, 0.2) is 0 Å². The van der Waals surface area contributed by atoms with Gasteiger partial charge in [-0.25, -0.2) is 9.97 Å². The molecule has 0 aliphatic carbocycles. The molecule has 1 heterocycles. The summed E-state index contributed by atoms with van der Waals surface area (Å²) in [5.74, 6) is 0.957. The summed E-state index contributed by atoms with van der Waals surface area (Å²) in [5, 5.41) is 5.99. The maximum Gasteiger partial charge on any atom is 0.270 e. The second-order valence-electron chi connectivity index (χ2n) is 5.28. The summed E-state index contributed by atoms with van der Waals surface area (Å²) in [6.45, 7) is 5.38. The molecule has 1 aromatic heterocycles. The van der Waals surface area contributed by atoms with Gasteiger partial charge in [-0.3, -0.25) is 4.79 Å². The minimum Gasteiger partial charge on any atom is -0.383 e. The van der Waals surface area contributed by atoms with E-state index in [2.05, 4.69) is 39.7 Å². The number of nitrogens with zero attached hydrogens (tertiary/aromatic N) is 2. The fraction of sp³-hybridized carbons (Fsp3) is 0.353. The second-order valence-corrected chi connectivity index (χ2v) is 5.28. The average Bonchev–Trinajstić information content (AvgIpc) is 2.53. The second kappa shape index (κ2) is 8.24. The number of benzene rings is 1. The molecule has 1 amide bonds. The lowest BCUT2D eigenvalue weighted by Gasteiger charge is -2.09. The minimum absolute atomic E-state index is 0.230. The number of carbonyl (C=O) groups excluding carboxylic acids is 1. The van der Waals surface area contributed by atoms with Crippen molar-refractivity contribution in [3.8, 4) is 0 Å². The molecule has 0 aliphatic rings. The summed E-state index contributed by atoms with van der Waals surface area (Å²) in [5.41, 5.74) is 2.72. The van der Waals surface area contributed by atoms with E-state index < -0.39 is 0 Å². The van der Waals surface area contributed by atoms with Crippen LogP contribution in [0.1, 0.15) is 27.4 Å². The van der Waals surface area contributed by atoms with Crippen LogP contribution in [0, 0.1) is 13.8 Å². The van der Waals surface area contributed by atoms with Crippen LogP contribution >= 0.6 is 0 Å². The highest BCUT2D eigenvalue weighted by Crippen LogP contribution is 2.10. The molecule has 2 aromatic rings. The molecular weight excluding hydrogens is 292 g/mol. The Hall–Kier alpha value is -2.47. The van der Waals surface area contributed by atoms with E-state index in [1.165, 1.54) is 5.56 Å². The first-order valence-corrected chi connectivity index (χ1v) is 7.50. The number of amides is 1. The Balaban J connectivity index is 2.03. The molecule has 0 bridgehead atoms. The van der Waals surface area contributed by atoms with Crippen molar-refractivity contribution in [2.45, 2.75) is 20.4 Å². The molecule has 0 atom stereocenters. The van der Waals surface area contributed by atoms with Gasteiger partial charge in [0.05, 0.1) is 6.61 Å². The quantitative estimate of drug-likeness (QED) is 0.765. The first-order chi connectivity index (χ1) is 11.1. The Morgan fingerprint density at radius 2 is 2.04 bits per heavy atom. The lowest BCUT2D eigenvalue weighted by Crippen LogP contribution is -2.28. The fourth-order valence-electron chi connectivity index (χ4n) is 2.15. The molecule has 0 saturated heterocycles. The summed E-state index contributed by atoms with van der Waals surface area (Å²) in [7, 11) is 1.59. The van der Waals surface area contributed by atoms with Crippen LogP contribution in [0.15, 0.2) is 30.3 Å². The lowest BCUT2D eigenvalue weighted by atomic mass is 10.1. The third-order valence-corrected chi connectivity index (χ3v) is 3.22. The monoisotopic (exact) mass is 314 g/mol. The van der Waals surface area contributed by atoms with Crippen molar-refractivity contribution in [1.29, 1.82) is 0 Å². The van der Waals surface area contributed by atoms with Crippen molar-refractivity contribution in [3.63, 3.8) is 0 Å². The Labute approximate surface area is 136 Å². The average molecular weight is 314 g/mol. The number of anilines is 1. The zero-order valence-electron chi connectivity index (χ0n) is 13.7. The van der Waals surface area contributed by atoms with Gasteiger partial charge in [-0.15, -0.1) is 0 Å². The molecule has 1 aromatic carbocycles. The first-order valence-electron chi connectivity index (χ1n) is 7.50. The minimum atomic E-state index is -0.230. The highest BCUT2D eigenvalue weighted by molar-refractivity contribution is 5.92. The van der Waals surface area contributed by atoms with Crippen LogP contribution in [0.3, 0.4) is 0 Å². The van der Waals surface area contributed by atoms with Crippen LogP contribution in [-0.4, -0.2) is 36.1 Å². The van der Waals surface area contributed by atoms with Gasteiger partial charge in [-0.2, -0.15) is 0 Å². The van der Waals surface area contributed by atoms with E-state index in [0.29, 0.717) is 37.0 Å². The van der Waals surface area contributed by atoms with Gasteiger partial charge < -0.3 is 15.4 Å². The van der Waals surface area contributed by atoms with Gasteiger partial charge >= 0.3 is 0 Å². The predicted molar refractivity (Wildman–Crippen MR) is 89.5 cm³/mol. The third-order valence-electron chi connectivity index (χ3n) is 3.22. The topological polar surface area (TPSA) is 76.1 Å². The molecular formula is C17H22N4O2. The van der Waals surface area contributed by atoms with Crippen LogP contribution < -0.4 is 10.6 Å². The highest BCUT2D eigenvalue weighted by Gasteiger charge is 2.10. The molecule has 0 radical (unpaired) electrons. The highest BCUT2D eigenvalue weighted by atomic mass is 16.5. The number of aromatic nitrogens is 2. The molecule has 23 heavy (non-hydrogen) atoms. The maximum absolute atomic E-state index is 12.1. The number of hydrogen-bond donors (Lipinski definition) is 2. The van der Waals surface area contributed by atoms with E-state index >= 15 is 0 Å². The predicted octanol–water partition coefficient (Wildman–Crippen LogP) is 2.08. The zero-order valence-corrected chi connectivity index (χ0v) is 13.7. The van der Waals surface area contributed by atoms with Crippen LogP contribution in [0.2, 0.25) is 0 Å². The smallest absolute Gasteiger partial charge is 0.270 e. The molecule has 2 N–H and O–H groups in total. The van der Waals surface area contributed by atoms with E-state index in [1.807, 2.05) is 12.1 Å². The number of aryl methyl sites for hydroxylation is 2. The molecule has 122 valence electrons. The molecule has 0 fully saturated rings. The molecule has 0 unspecified atom stereocenters. The number of hydrogen-bond acceptors (Lipinski definition) is 5. The van der Waals surface area contributed by atoms with Crippen molar-refractivity contribution < 1.29 is 9.53 Å². The molecule has 0 spiro atoms. The van der Waals surface area contributed by atoms with Crippen LogP contribution in [0.5, 0.6) is 0 Å². The van der Waals surface area contributed by atoms with Crippen LogP contribution in [0.4, 0.5) is 5.82 Å². The number of ether oxygens (including phenoxy) is 1. The van der Waals surface area contributed by atoms with Crippen molar-refractivity contribution >= 4 is 11.7 Å². The fourth-order valence-corrected chi connectivity index (χ4v) is 2.15. The molecule has 0 saturated carbocycles. The Morgan fingerprint density at radius 1 is 1.22 bits per heavy atom. The number of methoxy groups -OCH3 is 1. The van der Waals surface area contributed by atoms with Gasteiger partial charge in [0, 0.05) is 26.3 Å². The molecule has 0 aliphatic heterocycles. The van der Waals surface area contributed by atoms with Crippen molar-refractivity contribution in [1.82, 2.24) is 15.3 Å². The summed E-state index contributed by atoms with van der Waals surface area (Å²) in [6, 6.07) is 9.89. The maximum atomic E-state index is 12.1. The molecule has 6 heteroatoms. The zero-order chi connectivity index (χ0) is 16.7. The Bertz CT molecular complexity index is 673. The van der Waals surface area contributed by atoms with Crippen molar-refractivity contribution in [2.75, 3.05) is 25.6 Å². The Morgan fingerprint density at radius 3 is 2.78 bits per heavy atom. The first kappa shape index (κ1) is 16.9. The standard InChI is InChI=1S/C17H22N4O2/c1-12-5-4-6-14(9-12)11-19-16-10-15(20-13(2)21-16)17(22)18-7-8-23-3/h4-6,9-10H,7-8,11H2,1-3H3,(H,18,22)(H,19,20,21). The van der Waals surface area contributed by atoms with Gasteiger partial charge in [-0.1, -0.05) is 29.8 Å². The summed E-state index contributed by atoms with van der Waals surface area (Å²) < 4.78 is 4.91. The van der Waals surface area contributed by atoms with E-state index in [4.69, 9.17) is 4.74 Å². The van der Waals surface area contributed by atoms with E-state index in [1.54, 1.807) is 20.1 Å². The van der Waals surface area contributed by atoms with Gasteiger partial charge in [0.25, 0.3) is 5.91 Å². The number of rotatable bonds is 7. The van der Waals surface area contributed by atoms with Crippen molar-refractivity contribution in [2.24, 2.45) is 0 Å².